The van der Waals surface area contributed by atoms with Crippen LogP contribution in [0.4, 0.5) is 18.3 Å². The van der Waals surface area contributed by atoms with Gasteiger partial charge in [0.05, 0.1) is 16.3 Å². The number of carbonyl (C=O) groups excluding carboxylic acids is 1. The molecule has 0 bridgehead atoms. The van der Waals surface area contributed by atoms with Gasteiger partial charge in [-0.25, -0.2) is 15.0 Å². The van der Waals surface area contributed by atoms with Crippen molar-refractivity contribution in [1.82, 2.24) is 15.0 Å². The molecule has 2 aromatic heterocycles. The average molecular weight is 436 g/mol. The fraction of sp³-hybridized carbons (Fsp3) is 0.400. The van der Waals surface area contributed by atoms with Crippen LogP contribution >= 0.6 is 11.3 Å². The van der Waals surface area contributed by atoms with E-state index >= 15 is 0 Å². The van der Waals surface area contributed by atoms with E-state index in [4.69, 9.17) is 4.74 Å². The topological polar surface area (TPSA) is 77.0 Å². The molecule has 1 saturated carbocycles. The second kappa shape index (κ2) is 8.17. The van der Waals surface area contributed by atoms with Crippen LogP contribution in [0.15, 0.2) is 30.6 Å². The maximum absolute atomic E-state index is 12.9. The minimum absolute atomic E-state index is 0.0459. The first-order valence-corrected chi connectivity index (χ1v) is 10.3. The van der Waals surface area contributed by atoms with E-state index < -0.39 is 12.1 Å². The van der Waals surface area contributed by atoms with Crippen LogP contribution in [0, 0.1) is 5.92 Å². The molecule has 1 fully saturated rings. The van der Waals surface area contributed by atoms with Gasteiger partial charge in [0.2, 0.25) is 11.8 Å². The lowest BCUT2D eigenvalue weighted by Gasteiger charge is -2.29. The highest BCUT2D eigenvalue weighted by atomic mass is 32.1. The molecule has 158 valence electrons. The number of halogens is 3. The predicted octanol–water partition coefficient (Wildman–Crippen LogP) is 5.67. The number of rotatable bonds is 4. The van der Waals surface area contributed by atoms with E-state index in [2.05, 4.69) is 20.3 Å². The second-order valence-electron chi connectivity index (χ2n) is 7.28. The van der Waals surface area contributed by atoms with Gasteiger partial charge in [-0.1, -0.05) is 17.4 Å². The Morgan fingerprint density at radius 1 is 1.20 bits per heavy atom. The van der Waals surface area contributed by atoms with Crippen LogP contribution in [-0.4, -0.2) is 27.0 Å². The normalized spacial score (nSPS) is 19.6. The van der Waals surface area contributed by atoms with Gasteiger partial charge in [0.1, 0.15) is 11.8 Å². The maximum Gasteiger partial charge on any atom is 0.391 e. The number of alkyl halides is 3. The van der Waals surface area contributed by atoms with Gasteiger partial charge in [-0.2, -0.15) is 13.2 Å². The molecule has 0 spiro atoms. The number of para-hydroxylation sites is 1. The summed E-state index contributed by atoms with van der Waals surface area (Å²) in [6.45, 7) is 1.41. The summed E-state index contributed by atoms with van der Waals surface area (Å²) in [6.07, 6.45) is -1.68. The smallest absolute Gasteiger partial charge is 0.391 e. The van der Waals surface area contributed by atoms with Crippen molar-refractivity contribution in [2.75, 3.05) is 5.32 Å². The fourth-order valence-electron chi connectivity index (χ4n) is 3.67. The largest absolute Gasteiger partial charge is 0.437 e. The van der Waals surface area contributed by atoms with Gasteiger partial charge >= 0.3 is 6.18 Å². The number of amides is 1. The first kappa shape index (κ1) is 20.5. The molecule has 2 heterocycles. The van der Waals surface area contributed by atoms with E-state index in [1.165, 1.54) is 24.6 Å². The van der Waals surface area contributed by atoms with Crippen molar-refractivity contribution in [1.29, 1.82) is 0 Å². The highest BCUT2D eigenvalue weighted by Crippen LogP contribution is 2.43. The van der Waals surface area contributed by atoms with Crippen molar-refractivity contribution < 1.29 is 22.7 Å². The van der Waals surface area contributed by atoms with E-state index in [-0.39, 0.29) is 24.7 Å². The minimum Gasteiger partial charge on any atom is -0.437 e. The summed E-state index contributed by atoms with van der Waals surface area (Å²) in [5.74, 6) is -0.704. The molecule has 1 aliphatic rings. The van der Waals surface area contributed by atoms with Gasteiger partial charge < -0.3 is 10.1 Å². The Hall–Kier alpha value is -2.75. The van der Waals surface area contributed by atoms with Crippen molar-refractivity contribution in [2.45, 2.75) is 44.7 Å². The number of hydrogen-bond donors (Lipinski definition) is 1. The summed E-state index contributed by atoms with van der Waals surface area (Å²) in [5, 5.41) is 3.13. The van der Waals surface area contributed by atoms with Gasteiger partial charge in [0, 0.05) is 18.9 Å². The number of benzene rings is 1. The zero-order valence-corrected chi connectivity index (χ0v) is 16.9. The average Bonchev–Trinajstić information content (AvgIpc) is 3.10. The first-order valence-electron chi connectivity index (χ1n) is 9.53. The quantitative estimate of drug-likeness (QED) is 0.570. The van der Waals surface area contributed by atoms with E-state index in [0.717, 1.165) is 4.70 Å². The van der Waals surface area contributed by atoms with Crippen LogP contribution < -0.4 is 10.1 Å². The number of ether oxygens (including phenoxy) is 1. The van der Waals surface area contributed by atoms with Crippen LogP contribution in [-0.2, 0) is 4.79 Å². The Bertz CT molecular complexity index is 1060. The van der Waals surface area contributed by atoms with Crippen molar-refractivity contribution in [3.63, 3.8) is 0 Å². The summed E-state index contributed by atoms with van der Waals surface area (Å²) >= 11 is 1.33. The Balaban J connectivity index is 1.51. The van der Waals surface area contributed by atoms with Gasteiger partial charge in [-0.15, -0.1) is 0 Å². The number of hydrogen-bond acceptors (Lipinski definition) is 6. The lowest BCUT2D eigenvalue weighted by Crippen LogP contribution is -2.27. The molecule has 1 N–H and O–H groups in total. The number of aromatic nitrogens is 3. The van der Waals surface area contributed by atoms with E-state index in [1.54, 1.807) is 12.1 Å². The molecule has 3 aromatic rings. The summed E-state index contributed by atoms with van der Waals surface area (Å²) < 4.78 is 45.5. The molecular weight excluding hydrogens is 417 g/mol. The highest BCUT2D eigenvalue weighted by molar-refractivity contribution is 7.22. The molecule has 0 saturated heterocycles. The minimum atomic E-state index is -4.13. The molecule has 6 nitrogen and oxygen atoms in total. The summed E-state index contributed by atoms with van der Waals surface area (Å²) in [7, 11) is 0. The number of fused-ring (bicyclic) bond motifs is 1. The maximum atomic E-state index is 12.9. The van der Waals surface area contributed by atoms with Crippen LogP contribution in [0.3, 0.4) is 0 Å². The lowest BCUT2D eigenvalue weighted by molar-refractivity contribution is -0.182. The first-order chi connectivity index (χ1) is 14.3. The number of nitrogens with zero attached hydrogens (tertiary/aromatic N) is 3. The van der Waals surface area contributed by atoms with Gasteiger partial charge in [-0.3, -0.25) is 4.79 Å². The summed E-state index contributed by atoms with van der Waals surface area (Å²) in [4.78, 5) is 24.1. The number of carbonyl (C=O) groups is 1. The standard InChI is InChI=1S/C20H19F3N4O2S/c1-11(28)26-19-27-18-15(3-2-4-16(18)30-19)29-17-9-14(24-10-25-17)12-5-7-13(8-6-12)20(21,22)23/h2-4,9-10,12-13H,5-8H2,1H3,(H,26,27,28)/t12-,13+. The van der Waals surface area contributed by atoms with Crippen molar-refractivity contribution in [3.05, 3.63) is 36.3 Å². The van der Waals surface area contributed by atoms with Gasteiger partial charge in [0.25, 0.3) is 0 Å². The molecule has 10 heteroatoms. The number of thiazole rings is 1. The van der Waals surface area contributed by atoms with Crippen molar-refractivity contribution in [3.8, 4) is 11.6 Å². The highest BCUT2D eigenvalue weighted by Gasteiger charge is 2.41. The fourth-order valence-corrected chi connectivity index (χ4v) is 4.60. The molecule has 0 atom stereocenters. The molecule has 1 amide bonds. The predicted molar refractivity (Wildman–Crippen MR) is 107 cm³/mol. The van der Waals surface area contributed by atoms with Crippen LogP contribution in [0.25, 0.3) is 10.2 Å². The molecule has 4 rings (SSSR count). The Labute approximate surface area is 174 Å². The van der Waals surface area contributed by atoms with Crippen LogP contribution in [0.5, 0.6) is 11.6 Å². The van der Waals surface area contributed by atoms with Crippen molar-refractivity contribution >= 4 is 32.6 Å². The number of nitrogens with one attached hydrogen (secondary N) is 1. The van der Waals surface area contributed by atoms with Crippen LogP contribution in [0.1, 0.15) is 44.2 Å². The van der Waals surface area contributed by atoms with E-state index in [0.29, 0.717) is 40.8 Å². The summed E-state index contributed by atoms with van der Waals surface area (Å²) in [6, 6.07) is 7.11. The molecule has 0 radical (unpaired) electrons. The molecule has 1 aromatic carbocycles. The Morgan fingerprint density at radius 2 is 1.97 bits per heavy atom. The molecule has 30 heavy (non-hydrogen) atoms. The lowest BCUT2D eigenvalue weighted by atomic mass is 9.80. The van der Waals surface area contributed by atoms with E-state index in [9.17, 15) is 18.0 Å². The Morgan fingerprint density at radius 3 is 2.67 bits per heavy atom. The van der Waals surface area contributed by atoms with Gasteiger partial charge in [0.15, 0.2) is 10.9 Å². The third-order valence-electron chi connectivity index (χ3n) is 5.15. The third-order valence-corrected chi connectivity index (χ3v) is 6.09. The molecular formula is C20H19F3N4O2S. The molecule has 0 unspecified atom stereocenters. The van der Waals surface area contributed by atoms with Crippen molar-refractivity contribution in [2.24, 2.45) is 5.92 Å². The zero-order chi connectivity index (χ0) is 21.3. The second-order valence-corrected chi connectivity index (χ2v) is 8.31. The number of anilines is 1. The monoisotopic (exact) mass is 436 g/mol. The summed E-state index contributed by atoms with van der Waals surface area (Å²) in [5.41, 5.74) is 1.28. The SMILES string of the molecule is CC(=O)Nc1nc2c(Oc3cc([C@H]4CC[C@@H](C(F)(F)F)CC4)ncn3)cccc2s1. The molecule has 0 aliphatic heterocycles. The van der Waals surface area contributed by atoms with Gasteiger partial charge in [-0.05, 0) is 37.8 Å². The van der Waals surface area contributed by atoms with Crippen LogP contribution in [0.2, 0.25) is 0 Å². The zero-order valence-electron chi connectivity index (χ0n) is 16.1. The Kier molecular flexibility index (Phi) is 5.59. The third kappa shape index (κ3) is 4.53. The molecule has 1 aliphatic carbocycles. The van der Waals surface area contributed by atoms with E-state index in [1.807, 2.05) is 12.1 Å².